The maximum Gasteiger partial charge on any atom is 0.273 e. The Morgan fingerprint density at radius 3 is 2.23 bits per heavy atom. The van der Waals surface area contributed by atoms with E-state index in [1.165, 1.54) is 11.3 Å². The maximum atomic E-state index is 13.2. The van der Waals surface area contributed by atoms with E-state index in [0.29, 0.717) is 0 Å². The van der Waals surface area contributed by atoms with Crippen LogP contribution in [0.1, 0.15) is 93.8 Å². The Bertz CT molecular complexity index is 786. The van der Waals surface area contributed by atoms with Crippen molar-refractivity contribution in [2.24, 2.45) is 0 Å². The Balaban J connectivity index is 2.18. The molecule has 1 fully saturated rings. The summed E-state index contributed by atoms with van der Waals surface area (Å²) < 4.78 is 4.16. The molecule has 0 aliphatic heterocycles. The molecule has 1 saturated carbocycles. The minimum absolute atomic E-state index is 0.0730. The Morgan fingerprint density at radius 2 is 1.70 bits per heavy atom. The van der Waals surface area contributed by atoms with E-state index in [1.54, 1.807) is 0 Å². The quantitative estimate of drug-likeness (QED) is 0.655. The molecule has 30 heavy (non-hydrogen) atoms. The summed E-state index contributed by atoms with van der Waals surface area (Å²) in [6, 6.07) is 0.124. The van der Waals surface area contributed by atoms with E-state index < -0.39 is 17.0 Å². The minimum Gasteiger partial charge on any atom is -0.395 e. The molecule has 1 aromatic heterocycles. The lowest BCUT2D eigenvalue weighted by atomic mass is 9.95. The number of hydrogen-bond acceptors (Lipinski definition) is 6. The summed E-state index contributed by atoms with van der Waals surface area (Å²) in [5.74, 6) is -1.01. The molecule has 9 heteroatoms. The molecule has 1 aliphatic carbocycles. The molecule has 8 nitrogen and oxygen atoms in total. The van der Waals surface area contributed by atoms with E-state index in [9.17, 15) is 14.4 Å². The first-order valence-electron chi connectivity index (χ1n) is 10.5. The summed E-state index contributed by atoms with van der Waals surface area (Å²) in [5.41, 5.74) is 5.30. The van der Waals surface area contributed by atoms with Crippen LogP contribution in [0.3, 0.4) is 0 Å². The molecular weight excluding hydrogens is 402 g/mol. The third kappa shape index (κ3) is 6.42. The lowest BCUT2D eigenvalue weighted by Crippen LogP contribution is -2.53. The molecule has 0 spiro atoms. The number of anilines is 1. The summed E-state index contributed by atoms with van der Waals surface area (Å²) in [7, 11) is 0. The number of hydrogen-bond donors (Lipinski definition) is 3. The highest BCUT2D eigenvalue weighted by Gasteiger charge is 2.34. The smallest absolute Gasteiger partial charge is 0.273 e. The fourth-order valence-corrected chi connectivity index (χ4v) is 4.20. The van der Waals surface area contributed by atoms with Crippen LogP contribution in [-0.2, 0) is 4.79 Å². The molecule has 0 saturated heterocycles. The molecule has 1 aliphatic rings. The van der Waals surface area contributed by atoms with Gasteiger partial charge in [0, 0.05) is 17.1 Å². The summed E-state index contributed by atoms with van der Waals surface area (Å²) in [6.07, 6.45) is 5.27. The monoisotopic (exact) mass is 437 g/mol. The van der Waals surface area contributed by atoms with Crippen LogP contribution in [0.4, 0.5) is 5.69 Å². The third-order valence-electron chi connectivity index (χ3n) is 4.95. The summed E-state index contributed by atoms with van der Waals surface area (Å²) in [5, 5.41) is 5.85. The molecule has 0 unspecified atom stereocenters. The zero-order valence-corrected chi connectivity index (χ0v) is 19.7. The van der Waals surface area contributed by atoms with E-state index in [-0.39, 0.29) is 40.7 Å². The van der Waals surface area contributed by atoms with Crippen molar-refractivity contribution in [1.29, 1.82) is 0 Å². The zero-order chi connectivity index (χ0) is 22.7. The van der Waals surface area contributed by atoms with Crippen molar-refractivity contribution in [1.82, 2.24) is 19.9 Å². The van der Waals surface area contributed by atoms with Gasteiger partial charge in [-0.15, -0.1) is 0 Å². The number of carbonyl (C=O) groups is 3. The van der Waals surface area contributed by atoms with Gasteiger partial charge < -0.3 is 21.3 Å². The Labute approximate surface area is 183 Å². The SMILES string of the molecule is CC(C)(C)NC(=O)CN(C(=O)c1snc(C(=O)NC2CCCCC2)c1N)C(C)(C)C. The van der Waals surface area contributed by atoms with Gasteiger partial charge in [0.05, 0.1) is 5.69 Å². The van der Waals surface area contributed by atoms with Gasteiger partial charge in [-0.3, -0.25) is 14.4 Å². The van der Waals surface area contributed by atoms with E-state index in [0.717, 1.165) is 37.2 Å². The van der Waals surface area contributed by atoms with Crippen molar-refractivity contribution >= 4 is 34.9 Å². The molecule has 0 radical (unpaired) electrons. The summed E-state index contributed by atoms with van der Waals surface area (Å²) >= 11 is 0.901. The second kappa shape index (κ2) is 9.32. The normalized spacial score (nSPS) is 15.5. The zero-order valence-electron chi connectivity index (χ0n) is 18.9. The highest BCUT2D eigenvalue weighted by molar-refractivity contribution is 7.09. The van der Waals surface area contributed by atoms with Crippen LogP contribution < -0.4 is 16.4 Å². The van der Waals surface area contributed by atoms with Gasteiger partial charge >= 0.3 is 0 Å². The van der Waals surface area contributed by atoms with Gasteiger partial charge in [0.25, 0.3) is 11.8 Å². The first-order chi connectivity index (χ1) is 13.8. The fraction of sp³-hybridized carbons (Fsp3) is 0.714. The second-order valence-electron chi connectivity index (χ2n) is 9.94. The second-order valence-corrected chi connectivity index (χ2v) is 10.7. The fourth-order valence-electron chi connectivity index (χ4n) is 3.45. The number of rotatable bonds is 5. The lowest BCUT2D eigenvalue weighted by Gasteiger charge is -2.35. The Kier molecular flexibility index (Phi) is 7.49. The standard InChI is InChI=1S/C21H35N5O3S/c1-20(2,3)24-14(27)12-26(21(4,5)6)19(29)17-15(22)16(25-30-17)18(28)23-13-10-8-7-9-11-13/h13H,7-12,22H2,1-6H3,(H,23,28)(H,24,27). The van der Waals surface area contributed by atoms with Gasteiger partial charge in [-0.2, -0.15) is 4.37 Å². The van der Waals surface area contributed by atoms with Gasteiger partial charge in [0.1, 0.15) is 11.4 Å². The average Bonchev–Trinajstić information content (AvgIpc) is 2.99. The molecule has 2 rings (SSSR count). The molecule has 3 amide bonds. The Hall–Kier alpha value is -2.16. The van der Waals surface area contributed by atoms with Crippen LogP contribution in [0.25, 0.3) is 0 Å². The molecule has 1 aromatic rings. The van der Waals surface area contributed by atoms with Gasteiger partial charge in [-0.25, -0.2) is 0 Å². The van der Waals surface area contributed by atoms with Crippen LogP contribution in [0.2, 0.25) is 0 Å². The third-order valence-corrected chi connectivity index (χ3v) is 5.80. The largest absolute Gasteiger partial charge is 0.395 e. The lowest BCUT2D eigenvalue weighted by molar-refractivity contribution is -0.124. The first kappa shape index (κ1) is 24.1. The van der Waals surface area contributed by atoms with E-state index in [2.05, 4.69) is 15.0 Å². The maximum absolute atomic E-state index is 13.2. The predicted octanol–water partition coefficient (Wildman–Crippen LogP) is 2.94. The van der Waals surface area contributed by atoms with Gasteiger partial charge in [-0.1, -0.05) is 19.3 Å². The van der Waals surface area contributed by atoms with E-state index >= 15 is 0 Å². The number of carbonyl (C=O) groups excluding carboxylic acids is 3. The molecule has 0 aromatic carbocycles. The van der Waals surface area contributed by atoms with Crippen molar-refractivity contribution in [3.05, 3.63) is 10.6 Å². The van der Waals surface area contributed by atoms with Crippen LogP contribution in [0.5, 0.6) is 0 Å². The highest BCUT2D eigenvalue weighted by atomic mass is 32.1. The molecule has 4 N–H and O–H groups in total. The highest BCUT2D eigenvalue weighted by Crippen LogP contribution is 2.27. The van der Waals surface area contributed by atoms with Crippen LogP contribution in [0.15, 0.2) is 0 Å². The van der Waals surface area contributed by atoms with Crippen molar-refractivity contribution in [2.75, 3.05) is 12.3 Å². The van der Waals surface area contributed by atoms with E-state index in [4.69, 9.17) is 5.73 Å². The predicted molar refractivity (Wildman–Crippen MR) is 120 cm³/mol. The van der Waals surface area contributed by atoms with Crippen molar-refractivity contribution in [3.63, 3.8) is 0 Å². The number of aromatic nitrogens is 1. The van der Waals surface area contributed by atoms with Crippen molar-refractivity contribution in [2.45, 2.75) is 90.8 Å². The molecule has 1 heterocycles. The van der Waals surface area contributed by atoms with Gasteiger partial charge in [0.2, 0.25) is 5.91 Å². The number of nitrogens with zero attached hydrogens (tertiary/aromatic N) is 2. The van der Waals surface area contributed by atoms with Crippen molar-refractivity contribution < 1.29 is 14.4 Å². The van der Waals surface area contributed by atoms with Gasteiger partial charge in [0.15, 0.2) is 5.69 Å². The van der Waals surface area contributed by atoms with Gasteiger partial charge in [-0.05, 0) is 65.9 Å². The number of amides is 3. The van der Waals surface area contributed by atoms with Crippen LogP contribution in [0, 0.1) is 0 Å². The first-order valence-corrected chi connectivity index (χ1v) is 11.3. The minimum atomic E-state index is -0.618. The van der Waals surface area contributed by atoms with Crippen LogP contribution >= 0.6 is 11.5 Å². The number of nitrogens with one attached hydrogen (secondary N) is 2. The molecule has 168 valence electrons. The molecule has 0 atom stereocenters. The number of nitrogen functional groups attached to an aromatic ring is 1. The Morgan fingerprint density at radius 1 is 1.10 bits per heavy atom. The van der Waals surface area contributed by atoms with E-state index in [1.807, 2.05) is 41.5 Å². The summed E-state index contributed by atoms with van der Waals surface area (Å²) in [4.78, 5) is 40.0. The number of nitrogens with two attached hydrogens (primary N) is 1. The molecular formula is C21H35N5O3S. The topological polar surface area (TPSA) is 117 Å². The van der Waals surface area contributed by atoms with Crippen molar-refractivity contribution in [3.8, 4) is 0 Å². The average molecular weight is 438 g/mol. The molecule has 0 bridgehead atoms. The summed E-state index contributed by atoms with van der Waals surface area (Å²) in [6.45, 7) is 11.1. The van der Waals surface area contributed by atoms with Crippen LogP contribution in [-0.4, -0.2) is 50.7 Å².